The Labute approximate surface area is 77.9 Å². The summed E-state index contributed by atoms with van der Waals surface area (Å²) in [5, 5.41) is 2.58. The standard InChI is InChI=1S/C10H14N2O/c1-6-4-8(10(13)12-3)5-7(2)9(6)11/h4-5H,11H2,1-3H3,(H,12,13). The highest BCUT2D eigenvalue weighted by Gasteiger charge is 2.06. The third kappa shape index (κ3) is 1.80. The van der Waals surface area contributed by atoms with E-state index in [9.17, 15) is 4.79 Å². The van der Waals surface area contributed by atoms with Crippen molar-refractivity contribution in [3.63, 3.8) is 0 Å². The lowest BCUT2D eigenvalue weighted by molar-refractivity contribution is 0.0963. The quantitative estimate of drug-likeness (QED) is 0.636. The van der Waals surface area contributed by atoms with Gasteiger partial charge in [-0.15, -0.1) is 0 Å². The van der Waals surface area contributed by atoms with E-state index < -0.39 is 0 Å². The molecule has 70 valence electrons. The van der Waals surface area contributed by atoms with Crippen LogP contribution in [0.5, 0.6) is 0 Å². The Kier molecular flexibility index (Phi) is 2.56. The Morgan fingerprint density at radius 2 is 1.77 bits per heavy atom. The third-order valence-corrected chi connectivity index (χ3v) is 2.08. The van der Waals surface area contributed by atoms with Gasteiger partial charge in [0.2, 0.25) is 0 Å². The number of hydrogen-bond donors (Lipinski definition) is 2. The first-order chi connectivity index (χ1) is 6.06. The molecule has 3 heteroatoms. The van der Waals surface area contributed by atoms with Gasteiger partial charge in [0, 0.05) is 18.3 Å². The summed E-state index contributed by atoms with van der Waals surface area (Å²) >= 11 is 0. The van der Waals surface area contributed by atoms with Crippen molar-refractivity contribution in [1.29, 1.82) is 0 Å². The van der Waals surface area contributed by atoms with E-state index in [1.165, 1.54) is 0 Å². The number of amides is 1. The predicted octanol–water partition coefficient (Wildman–Crippen LogP) is 1.25. The van der Waals surface area contributed by atoms with Crippen LogP contribution in [0.3, 0.4) is 0 Å². The molecule has 1 aromatic rings. The van der Waals surface area contributed by atoms with Crippen molar-refractivity contribution in [2.24, 2.45) is 0 Å². The molecule has 0 saturated heterocycles. The summed E-state index contributed by atoms with van der Waals surface area (Å²) in [5.41, 5.74) is 9.06. The van der Waals surface area contributed by atoms with Crippen LogP contribution in [0.15, 0.2) is 12.1 Å². The highest BCUT2D eigenvalue weighted by molar-refractivity contribution is 5.95. The first-order valence-electron chi connectivity index (χ1n) is 4.15. The summed E-state index contributed by atoms with van der Waals surface area (Å²) in [6, 6.07) is 3.59. The molecule has 0 saturated carbocycles. The van der Waals surface area contributed by atoms with Gasteiger partial charge < -0.3 is 11.1 Å². The molecule has 0 aliphatic carbocycles. The lowest BCUT2D eigenvalue weighted by Gasteiger charge is -2.07. The molecule has 0 aliphatic heterocycles. The van der Waals surface area contributed by atoms with E-state index >= 15 is 0 Å². The molecule has 0 fully saturated rings. The van der Waals surface area contributed by atoms with E-state index in [4.69, 9.17) is 5.73 Å². The normalized spacial score (nSPS) is 9.77. The van der Waals surface area contributed by atoms with Gasteiger partial charge in [-0.2, -0.15) is 0 Å². The van der Waals surface area contributed by atoms with Gasteiger partial charge >= 0.3 is 0 Å². The second-order valence-corrected chi connectivity index (χ2v) is 3.10. The largest absolute Gasteiger partial charge is 0.398 e. The van der Waals surface area contributed by atoms with Gasteiger partial charge in [-0.1, -0.05) is 0 Å². The fourth-order valence-electron chi connectivity index (χ4n) is 1.25. The fraction of sp³-hybridized carbons (Fsp3) is 0.300. The highest BCUT2D eigenvalue weighted by atomic mass is 16.1. The summed E-state index contributed by atoms with van der Waals surface area (Å²) in [7, 11) is 1.61. The summed E-state index contributed by atoms with van der Waals surface area (Å²) < 4.78 is 0. The number of carbonyl (C=O) groups is 1. The van der Waals surface area contributed by atoms with E-state index in [-0.39, 0.29) is 5.91 Å². The first kappa shape index (κ1) is 9.58. The van der Waals surface area contributed by atoms with Crippen molar-refractivity contribution in [1.82, 2.24) is 5.32 Å². The number of nitrogens with two attached hydrogens (primary N) is 1. The zero-order valence-electron chi connectivity index (χ0n) is 8.14. The number of rotatable bonds is 1. The lowest BCUT2D eigenvalue weighted by atomic mass is 10.0. The van der Waals surface area contributed by atoms with Crippen LogP contribution in [-0.2, 0) is 0 Å². The lowest BCUT2D eigenvalue weighted by Crippen LogP contribution is -2.18. The van der Waals surface area contributed by atoms with Crippen LogP contribution in [0.2, 0.25) is 0 Å². The van der Waals surface area contributed by atoms with Crippen LogP contribution in [0.25, 0.3) is 0 Å². The molecule has 0 atom stereocenters. The number of hydrogen-bond acceptors (Lipinski definition) is 2. The molecular formula is C10H14N2O. The minimum Gasteiger partial charge on any atom is -0.398 e. The number of carbonyl (C=O) groups excluding carboxylic acids is 1. The van der Waals surface area contributed by atoms with Crippen LogP contribution < -0.4 is 11.1 Å². The van der Waals surface area contributed by atoms with Gasteiger partial charge in [0.05, 0.1) is 0 Å². The van der Waals surface area contributed by atoms with E-state index in [0.717, 1.165) is 16.8 Å². The molecule has 0 aromatic heterocycles. The highest BCUT2D eigenvalue weighted by Crippen LogP contribution is 2.18. The van der Waals surface area contributed by atoms with Crippen molar-refractivity contribution < 1.29 is 4.79 Å². The molecule has 0 bridgehead atoms. The predicted molar refractivity (Wildman–Crippen MR) is 53.7 cm³/mol. The van der Waals surface area contributed by atoms with Crippen LogP contribution in [0.1, 0.15) is 21.5 Å². The number of benzene rings is 1. The van der Waals surface area contributed by atoms with E-state index in [0.29, 0.717) is 5.56 Å². The maximum absolute atomic E-state index is 11.3. The maximum atomic E-state index is 11.3. The average Bonchev–Trinajstić information content (AvgIpc) is 2.12. The Bertz CT molecular complexity index is 322. The summed E-state index contributed by atoms with van der Waals surface area (Å²) in [6.07, 6.45) is 0. The minimum absolute atomic E-state index is 0.0776. The Morgan fingerprint density at radius 1 is 1.31 bits per heavy atom. The van der Waals surface area contributed by atoms with Gasteiger partial charge in [-0.25, -0.2) is 0 Å². The molecule has 3 N–H and O–H groups in total. The second kappa shape index (κ2) is 3.47. The molecular weight excluding hydrogens is 164 g/mol. The van der Waals surface area contributed by atoms with E-state index in [2.05, 4.69) is 5.32 Å². The first-order valence-corrected chi connectivity index (χ1v) is 4.15. The summed E-state index contributed by atoms with van der Waals surface area (Å²) in [5.74, 6) is -0.0776. The Balaban J connectivity index is 3.20. The zero-order valence-corrected chi connectivity index (χ0v) is 8.14. The summed E-state index contributed by atoms with van der Waals surface area (Å²) in [4.78, 5) is 11.3. The minimum atomic E-state index is -0.0776. The number of nitrogens with one attached hydrogen (secondary N) is 1. The van der Waals surface area contributed by atoms with Crippen LogP contribution >= 0.6 is 0 Å². The van der Waals surface area contributed by atoms with Crippen molar-refractivity contribution in [3.05, 3.63) is 28.8 Å². The fourth-order valence-corrected chi connectivity index (χ4v) is 1.25. The number of nitrogen functional groups attached to an aromatic ring is 1. The molecule has 13 heavy (non-hydrogen) atoms. The average molecular weight is 178 g/mol. The van der Waals surface area contributed by atoms with Crippen molar-refractivity contribution >= 4 is 11.6 Å². The molecule has 0 heterocycles. The van der Waals surface area contributed by atoms with E-state index in [1.807, 2.05) is 13.8 Å². The molecule has 0 radical (unpaired) electrons. The Hall–Kier alpha value is -1.51. The molecule has 0 spiro atoms. The maximum Gasteiger partial charge on any atom is 0.251 e. The molecule has 0 aliphatic rings. The van der Waals surface area contributed by atoms with Crippen LogP contribution in [0, 0.1) is 13.8 Å². The van der Waals surface area contributed by atoms with Gasteiger partial charge in [-0.05, 0) is 37.1 Å². The molecule has 3 nitrogen and oxygen atoms in total. The Morgan fingerprint density at radius 3 is 2.15 bits per heavy atom. The van der Waals surface area contributed by atoms with Crippen molar-refractivity contribution in [2.45, 2.75) is 13.8 Å². The van der Waals surface area contributed by atoms with Gasteiger partial charge in [0.1, 0.15) is 0 Å². The number of aryl methyl sites for hydroxylation is 2. The molecule has 0 unspecified atom stereocenters. The topological polar surface area (TPSA) is 55.1 Å². The second-order valence-electron chi connectivity index (χ2n) is 3.10. The smallest absolute Gasteiger partial charge is 0.251 e. The third-order valence-electron chi connectivity index (χ3n) is 2.08. The monoisotopic (exact) mass is 178 g/mol. The molecule has 1 aromatic carbocycles. The van der Waals surface area contributed by atoms with Crippen LogP contribution in [-0.4, -0.2) is 13.0 Å². The molecule has 1 rings (SSSR count). The zero-order chi connectivity index (χ0) is 10.0. The van der Waals surface area contributed by atoms with Gasteiger partial charge in [0.15, 0.2) is 0 Å². The molecule has 1 amide bonds. The number of anilines is 1. The van der Waals surface area contributed by atoms with E-state index in [1.54, 1.807) is 19.2 Å². The van der Waals surface area contributed by atoms with Gasteiger partial charge in [0.25, 0.3) is 5.91 Å². The van der Waals surface area contributed by atoms with Crippen molar-refractivity contribution in [2.75, 3.05) is 12.8 Å². The summed E-state index contributed by atoms with van der Waals surface area (Å²) in [6.45, 7) is 3.80. The SMILES string of the molecule is CNC(=O)c1cc(C)c(N)c(C)c1. The van der Waals surface area contributed by atoms with Crippen molar-refractivity contribution in [3.8, 4) is 0 Å². The van der Waals surface area contributed by atoms with Crippen LogP contribution in [0.4, 0.5) is 5.69 Å². The van der Waals surface area contributed by atoms with Gasteiger partial charge in [-0.3, -0.25) is 4.79 Å².